The van der Waals surface area contributed by atoms with Gasteiger partial charge >= 0.3 is 6.09 Å². The molecule has 0 aromatic heterocycles. The molecular weight excluding hydrogens is 262 g/mol. The second-order valence-corrected chi connectivity index (χ2v) is 6.29. The minimum absolute atomic E-state index is 0.410. The van der Waals surface area contributed by atoms with Gasteiger partial charge in [0, 0.05) is 12.1 Å². The Hall–Kier alpha value is -2.29. The Labute approximate surface area is 124 Å². The third-order valence-corrected chi connectivity index (χ3v) is 3.49. The molecule has 3 heteroatoms. The van der Waals surface area contributed by atoms with Crippen LogP contribution in [0.15, 0.2) is 42.5 Å². The third kappa shape index (κ3) is 2.77. The molecule has 21 heavy (non-hydrogen) atoms. The molecule has 2 aromatic rings. The van der Waals surface area contributed by atoms with Crippen LogP contribution in [0, 0.1) is 0 Å². The number of hydrogen-bond donors (Lipinski definition) is 1. The molecule has 0 bridgehead atoms. The van der Waals surface area contributed by atoms with E-state index in [2.05, 4.69) is 23.5 Å². The van der Waals surface area contributed by atoms with Crippen LogP contribution in [0.5, 0.6) is 0 Å². The van der Waals surface area contributed by atoms with Gasteiger partial charge in [-0.2, -0.15) is 0 Å². The maximum Gasteiger partial charge on any atom is 0.412 e. The molecule has 0 spiro atoms. The molecule has 0 radical (unpaired) electrons. The summed E-state index contributed by atoms with van der Waals surface area (Å²) >= 11 is 0. The van der Waals surface area contributed by atoms with Crippen molar-refractivity contribution >= 4 is 11.8 Å². The quantitative estimate of drug-likeness (QED) is 0.707. The first kappa shape index (κ1) is 13.7. The zero-order valence-electron chi connectivity index (χ0n) is 12.6. The van der Waals surface area contributed by atoms with Gasteiger partial charge < -0.3 is 4.74 Å². The molecular formula is C18H19NO2. The van der Waals surface area contributed by atoms with Crippen LogP contribution < -0.4 is 5.32 Å². The third-order valence-electron chi connectivity index (χ3n) is 3.49. The Kier molecular flexibility index (Phi) is 3.20. The fourth-order valence-corrected chi connectivity index (χ4v) is 2.69. The number of ether oxygens (including phenoxy) is 1. The summed E-state index contributed by atoms with van der Waals surface area (Å²) in [5.74, 6) is 0. The van der Waals surface area contributed by atoms with Crippen LogP contribution in [-0.2, 0) is 11.2 Å². The van der Waals surface area contributed by atoms with E-state index in [1.807, 2.05) is 45.0 Å². The normalized spacial score (nSPS) is 12.5. The van der Waals surface area contributed by atoms with Crippen LogP contribution in [0.25, 0.3) is 11.1 Å². The van der Waals surface area contributed by atoms with Crippen molar-refractivity contribution in [3.8, 4) is 11.1 Å². The first-order chi connectivity index (χ1) is 9.94. The largest absolute Gasteiger partial charge is 0.444 e. The van der Waals surface area contributed by atoms with Crippen molar-refractivity contribution in [1.82, 2.24) is 0 Å². The molecule has 2 aromatic carbocycles. The van der Waals surface area contributed by atoms with Crippen molar-refractivity contribution in [3.63, 3.8) is 0 Å². The van der Waals surface area contributed by atoms with Gasteiger partial charge in [-0.05, 0) is 49.1 Å². The topological polar surface area (TPSA) is 38.3 Å². The number of fused-ring (bicyclic) bond motifs is 3. The van der Waals surface area contributed by atoms with E-state index in [0.29, 0.717) is 0 Å². The molecule has 0 fully saturated rings. The van der Waals surface area contributed by atoms with Crippen LogP contribution in [0.2, 0.25) is 0 Å². The summed E-state index contributed by atoms with van der Waals surface area (Å²) in [7, 11) is 0. The molecule has 0 heterocycles. The lowest BCUT2D eigenvalue weighted by atomic mass is 10.1. The van der Waals surface area contributed by atoms with E-state index >= 15 is 0 Å². The smallest absolute Gasteiger partial charge is 0.412 e. The monoisotopic (exact) mass is 281 g/mol. The molecule has 0 unspecified atom stereocenters. The van der Waals surface area contributed by atoms with E-state index in [1.54, 1.807) is 0 Å². The molecule has 1 N–H and O–H groups in total. The summed E-state index contributed by atoms with van der Waals surface area (Å²) < 4.78 is 5.33. The summed E-state index contributed by atoms with van der Waals surface area (Å²) in [6.07, 6.45) is 0.434. The standard InChI is InChI=1S/C18H19NO2/c1-18(2,3)21-17(20)19-16-10-6-9-14-13-8-5-4-7-12(13)11-15(14)16/h4-10H,11H2,1-3H3,(H,19,20). The van der Waals surface area contributed by atoms with Crippen molar-refractivity contribution in [3.05, 3.63) is 53.6 Å². The highest BCUT2D eigenvalue weighted by Gasteiger charge is 2.22. The van der Waals surface area contributed by atoms with E-state index in [4.69, 9.17) is 4.74 Å². The van der Waals surface area contributed by atoms with Gasteiger partial charge in [0.05, 0.1) is 0 Å². The Balaban J connectivity index is 1.89. The number of hydrogen-bond acceptors (Lipinski definition) is 2. The van der Waals surface area contributed by atoms with Crippen LogP contribution in [0.1, 0.15) is 31.9 Å². The first-order valence-corrected chi connectivity index (χ1v) is 7.14. The SMILES string of the molecule is CC(C)(C)OC(=O)Nc1cccc2c1Cc1ccccc1-2. The van der Waals surface area contributed by atoms with E-state index in [9.17, 15) is 4.79 Å². The van der Waals surface area contributed by atoms with Crippen molar-refractivity contribution in [2.24, 2.45) is 0 Å². The second kappa shape index (κ2) is 4.92. The van der Waals surface area contributed by atoms with Crippen LogP contribution in [-0.4, -0.2) is 11.7 Å². The van der Waals surface area contributed by atoms with Gasteiger partial charge in [-0.1, -0.05) is 36.4 Å². The summed E-state index contributed by atoms with van der Waals surface area (Å²) in [4.78, 5) is 12.0. The van der Waals surface area contributed by atoms with E-state index in [0.717, 1.165) is 17.7 Å². The first-order valence-electron chi connectivity index (χ1n) is 7.14. The fraction of sp³-hybridized carbons (Fsp3) is 0.278. The summed E-state index contributed by atoms with van der Waals surface area (Å²) in [6, 6.07) is 14.3. The average Bonchev–Trinajstić information content (AvgIpc) is 2.76. The number of benzene rings is 2. The van der Waals surface area contributed by atoms with Gasteiger partial charge in [-0.3, -0.25) is 5.32 Å². The number of carbonyl (C=O) groups excluding carboxylic acids is 1. The fourth-order valence-electron chi connectivity index (χ4n) is 2.69. The number of anilines is 1. The summed E-state index contributed by atoms with van der Waals surface area (Å²) in [5.41, 5.74) is 5.23. The predicted octanol–water partition coefficient (Wildman–Crippen LogP) is 4.60. The lowest BCUT2D eigenvalue weighted by Crippen LogP contribution is -2.27. The molecule has 3 nitrogen and oxygen atoms in total. The summed E-state index contributed by atoms with van der Waals surface area (Å²) in [5, 5.41) is 2.87. The lowest BCUT2D eigenvalue weighted by molar-refractivity contribution is 0.0636. The maximum absolute atomic E-state index is 12.0. The van der Waals surface area contributed by atoms with Crippen LogP contribution >= 0.6 is 0 Å². The molecule has 1 aliphatic rings. The van der Waals surface area contributed by atoms with E-state index in [-0.39, 0.29) is 0 Å². The minimum Gasteiger partial charge on any atom is -0.444 e. The minimum atomic E-state index is -0.495. The van der Waals surface area contributed by atoms with Crippen molar-refractivity contribution in [2.45, 2.75) is 32.8 Å². The Morgan fingerprint density at radius 2 is 1.76 bits per heavy atom. The van der Waals surface area contributed by atoms with E-state index < -0.39 is 11.7 Å². The Morgan fingerprint density at radius 3 is 2.52 bits per heavy atom. The second-order valence-electron chi connectivity index (χ2n) is 6.29. The highest BCUT2D eigenvalue weighted by Crippen LogP contribution is 2.40. The van der Waals surface area contributed by atoms with Gasteiger partial charge in [0.25, 0.3) is 0 Å². The Bertz CT molecular complexity index is 699. The van der Waals surface area contributed by atoms with Gasteiger partial charge in [0.15, 0.2) is 0 Å². The highest BCUT2D eigenvalue weighted by molar-refractivity contribution is 5.90. The van der Waals surface area contributed by atoms with E-state index in [1.165, 1.54) is 16.7 Å². The lowest BCUT2D eigenvalue weighted by Gasteiger charge is -2.20. The van der Waals surface area contributed by atoms with Gasteiger partial charge in [0.2, 0.25) is 0 Å². The summed E-state index contributed by atoms with van der Waals surface area (Å²) in [6.45, 7) is 5.58. The average molecular weight is 281 g/mol. The molecule has 108 valence electrons. The molecule has 1 aliphatic carbocycles. The zero-order valence-corrected chi connectivity index (χ0v) is 12.6. The number of carbonyl (C=O) groups is 1. The van der Waals surface area contributed by atoms with Crippen molar-refractivity contribution in [1.29, 1.82) is 0 Å². The van der Waals surface area contributed by atoms with Gasteiger partial charge in [-0.25, -0.2) is 4.79 Å². The van der Waals surface area contributed by atoms with Crippen molar-refractivity contribution in [2.75, 3.05) is 5.32 Å². The molecule has 0 saturated heterocycles. The molecule has 0 atom stereocenters. The predicted molar refractivity (Wildman–Crippen MR) is 84.5 cm³/mol. The van der Waals surface area contributed by atoms with Crippen molar-refractivity contribution < 1.29 is 9.53 Å². The number of rotatable bonds is 1. The van der Waals surface area contributed by atoms with Gasteiger partial charge in [0.1, 0.15) is 5.60 Å². The highest BCUT2D eigenvalue weighted by atomic mass is 16.6. The van der Waals surface area contributed by atoms with Gasteiger partial charge in [-0.15, -0.1) is 0 Å². The maximum atomic E-state index is 12.0. The molecule has 0 aliphatic heterocycles. The Morgan fingerprint density at radius 1 is 1.05 bits per heavy atom. The molecule has 3 rings (SSSR count). The zero-order chi connectivity index (χ0) is 15.0. The molecule has 0 saturated carbocycles. The molecule has 1 amide bonds. The number of amides is 1. The van der Waals surface area contributed by atoms with Crippen LogP contribution in [0.3, 0.4) is 0 Å². The number of nitrogens with one attached hydrogen (secondary N) is 1. The van der Waals surface area contributed by atoms with Crippen LogP contribution in [0.4, 0.5) is 10.5 Å².